The highest BCUT2D eigenvalue weighted by atomic mass is 35.5. The molecule has 0 amide bonds. The Hall–Kier alpha value is -3.25. The zero-order chi connectivity index (χ0) is 18.8. The number of fused-ring (bicyclic) bond motifs is 1. The molecule has 4 aromatic rings. The van der Waals surface area contributed by atoms with Crippen LogP contribution < -0.4 is 10.6 Å². The van der Waals surface area contributed by atoms with E-state index >= 15 is 0 Å². The van der Waals surface area contributed by atoms with Gasteiger partial charge in [0.2, 0.25) is 5.95 Å². The standard InChI is InChI=1S/C20H17ClN6/c1-12-3-8-16(13(2)11-12)25-20-26-18-17(22-9-10-23-18)19(27-20)24-15-6-4-14(21)5-7-15/h3-11H,1-2H3,(H2,23,24,25,26,27). The summed E-state index contributed by atoms with van der Waals surface area (Å²) in [6.45, 7) is 4.11. The van der Waals surface area contributed by atoms with E-state index in [1.165, 1.54) is 5.56 Å². The van der Waals surface area contributed by atoms with Crippen molar-refractivity contribution in [2.45, 2.75) is 13.8 Å². The summed E-state index contributed by atoms with van der Waals surface area (Å²) in [6.07, 6.45) is 3.23. The molecule has 6 nitrogen and oxygen atoms in total. The Kier molecular flexibility index (Phi) is 4.56. The van der Waals surface area contributed by atoms with E-state index in [0.717, 1.165) is 16.9 Å². The minimum atomic E-state index is 0.450. The molecular formula is C20H17ClN6. The van der Waals surface area contributed by atoms with Gasteiger partial charge in [-0.3, -0.25) is 0 Å². The van der Waals surface area contributed by atoms with Crippen molar-refractivity contribution < 1.29 is 0 Å². The second-order valence-electron chi connectivity index (χ2n) is 6.20. The zero-order valence-electron chi connectivity index (χ0n) is 14.9. The van der Waals surface area contributed by atoms with Crippen molar-refractivity contribution in [3.05, 3.63) is 71.0 Å². The molecule has 134 valence electrons. The molecule has 2 N–H and O–H groups in total. The van der Waals surface area contributed by atoms with Crippen LogP contribution in [0.1, 0.15) is 11.1 Å². The first-order chi connectivity index (χ1) is 13.1. The van der Waals surface area contributed by atoms with E-state index in [-0.39, 0.29) is 0 Å². The summed E-state index contributed by atoms with van der Waals surface area (Å²) < 4.78 is 0. The third-order valence-electron chi connectivity index (χ3n) is 4.07. The predicted molar refractivity (Wildman–Crippen MR) is 109 cm³/mol. The number of rotatable bonds is 4. The van der Waals surface area contributed by atoms with Gasteiger partial charge in [0.25, 0.3) is 0 Å². The molecule has 0 fully saturated rings. The molecule has 0 radical (unpaired) electrons. The molecule has 27 heavy (non-hydrogen) atoms. The summed E-state index contributed by atoms with van der Waals surface area (Å²) in [5.41, 5.74) is 5.22. The van der Waals surface area contributed by atoms with Gasteiger partial charge in [-0.1, -0.05) is 29.3 Å². The van der Waals surface area contributed by atoms with Crippen LogP contribution in [0.3, 0.4) is 0 Å². The van der Waals surface area contributed by atoms with Crippen molar-refractivity contribution in [1.82, 2.24) is 19.9 Å². The highest BCUT2D eigenvalue weighted by molar-refractivity contribution is 6.30. The number of hydrogen-bond acceptors (Lipinski definition) is 6. The normalized spacial score (nSPS) is 10.8. The molecular weight excluding hydrogens is 360 g/mol. The number of aryl methyl sites for hydroxylation is 2. The number of benzene rings is 2. The molecule has 0 saturated carbocycles. The smallest absolute Gasteiger partial charge is 0.231 e. The predicted octanol–water partition coefficient (Wildman–Crippen LogP) is 5.18. The lowest BCUT2D eigenvalue weighted by Crippen LogP contribution is -2.04. The molecule has 7 heteroatoms. The van der Waals surface area contributed by atoms with Gasteiger partial charge < -0.3 is 10.6 Å². The zero-order valence-corrected chi connectivity index (χ0v) is 15.6. The summed E-state index contributed by atoms with van der Waals surface area (Å²) in [4.78, 5) is 17.8. The average molecular weight is 377 g/mol. The van der Waals surface area contributed by atoms with Crippen LogP contribution in [0.25, 0.3) is 11.2 Å². The fraction of sp³-hybridized carbons (Fsp3) is 0.100. The number of nitrogens with zero attached hydrogens (tertiary/aromatic N) is 4. The highest BCUT2D eigenvalue weighted by Crippen LogP contribution is 2.26. The SMILES string of the molecule is Cc1ccc(Nc2nc(Nc3ccc(Cl)cc3)c3nccnc3n2)c(C)c1. The molecule has 2 aromatic carbocycles. The highest BCUT2D eigenvalue weighted by Gasteiger charge is 2.11. The van der Waals surface area contributed by atoms with Crippen LogP contribution in [0.4, 0.5) is 23.1 Å². The number of nitrogens with one attached hydrogen (secondary N) is 2. The molecule has 0 aliphatic carbocycles. The van der Waals surface area contributed by atoms with Crippen LogP contribution >= 0.6 is 11.6 Å². The van der Waals surface area contributed by atoms with Gasteiger partial charge in [0.15, 0.2) is 17.0 Å². The van der Waals surface area contributed by atoms with Crippen molar-refractivity contribution in [1.29, 1.82) is 0 Å². The molecule has 2 aromatic heterocycles. The van der Waals surface area contributed by atoms with Crippen LogP contribution in [0.15, 0.2) is 54.9 Å². The molecule has 0 spiro atoms. The second-order valence-corrected chi connectivity index (χ2v) is 6.64. The summed E-state index contributed by atoms with van der Waals surface area (Å²) in [5.74, 6) is 1.02. The topological polar surface area (TPSA) is 75.6 Å². The first-order valence-electron chi connectivity index (χ1n) is 8.44. The molecule has 2 heterocycles. The first kappa shape index (κ1) is 17.2. The molecule has 0 aliphatic rings. The number of aromatic nitrogens is 4. The van der Waals surface area contributed by atoms with Crippen molar-refractivity contribution >= 4 is 45.9 Å². The maximum atomic E-state index is 5.97. The lowest BCUT2D eigenvalue weighted by molar-refractivity contribution is 1.14. The van der Waals surface area contributed by atoms with Gasteiger partial charge in [-0.05, 0) is 49.7 Å². The molecule has 0 bridgehead atoms. The van der Waals surface area contributed by atoms with E-state index in [4.69, 9.17) is 11.6 Å². The first-order valence-corrected chi connectivity index (χ1v) is 8.82. The van der Waals surface area contributed by atoms with Crippen LogP contribution in [0.5, 0.6) is 0 Å². The van der Waals surface area contributed by atoms with Gasteiger partial charge >= 0.3 is 0 Å². The molecule has 0 aliphatic heterocycles. The fourth-order valence-electron chi connectivity index (χ4n) is 2.75. The van der Waals surface area contributed by atoms with Crippen molar-refractivity contribution in [3.63, 3.8) is 0 Å². The fourth-order valence-corrected chi connectivity index (χ4v) is 2.88. The third-order valence-corrected chi connectivity index (χ3v) is 4.32. The van der Waals surface area contributed by atoms with E-state index in [1.54, 1.807) is 12.4 Å². The quantitative estimate of drug-likeness (QED) is 0.511. The van der Waals surface area contributed by atoms with Crippen LogP contribution in [0, 0.1) is 13.8 Å². The third kappa shape index (κ3) is 3.80. The van der Waals surface area contributed by atoms with E-state index in [0.29, 0.717) is 28.0 Å². The van der Waals surface area contributed by atoms with Crippen molar-refractivity contribution in [2.24, 2.45) is 0 Å². The summed E-state index contributed by atoms with van der Waals surface area (Å²) in [6, 6.07) is 13.6. The minimum absolute atomic E-state index is 0.450. The number of halogens is 1. The Bertz CT molecular complexity index is 1110. The Morgan fingerprint density at radius 2 is 1.63 bits per heavy atom. The monoisotopic (exact) mass is 376 g/mol. The Balaban J connectivity index is 1.74. The van der Waals surface area contributed by atoms with Gasteiger partial charge in [0, 0.05) is 28.8 Å². The van der Waals surface area contributed by atoms with Crippen LogP contribution in [0.2, 0.25) is 5.02 Å². The maximum absolute atomic E-state index is 5.97. The Morgan fingerprint density at radius 1 is 0.852 bits per heavy atom. The Morgan fingerprint density at radius 3 is 2.41 bits per heavy atom. The minimum Gasteiger partial charge on any atom is -0.338 e. The largest absolute Gasteiger partial charge is 0.338 e. The van der Waals surface area contributed by atoms with Crippen LogP contribution in [-0.2, 0) is 0 Å². The average Bonchev–Trinajstić information content (AvgIpc) is 2.66. The molecule has 0 unspecified atom stereocenters. The summed E-state index contributed by atoms with van der Waals surface area (Å²) in [5, 5.41) is 7.22. The van der Waals surface area contributed by atoms with E-state index in [1.807, 2.05) is 43.3 Å². The molecule has 4 rings (SSSR count). The van der Waals surface area contributed by atoms with Gasteiger partial charge in [-0.15, -0.1) is 0 Å². The lowest BCUT2D eigenvalue weighted by atomic mass is 10.1. The van der Waals surface area contributed by atoms with Gasteiger partial charge in [0.05, 0.1) is 0 Å². The van der Waals surface area contributed by atoms with Crippen molar-refractivity contribution in [2.75, 3.05) is 10.6 Å². The van der Waals surface area contributed by atoms with Gasteiger partial charge in [-0.2, -0.15) is 9.97 Å². The van der Waals surface area contributed by atoms with Crippen LogP contribution in [-0.4, -0.2) is 19.9 Å². The number of hydrogen-bond donors (Lipinski definition) is 2. The van der Waals surface area contributed by atoms with E-state index in [2.05, 4.69) is 43.6 Å². The summed E-state index contributed by atoms with van der Waals surface area (Å²) >= 11 is 5.97. The Labute approximate surface area is 161 Å². The summed E-state index contributed by atoms with van der Waals surface area (Å²) in [7, 11) is 0. The molecule has 0 atom stereocenters. The number of anilines is 4. The van der Waals surface area contributed by atoms with E-state index in [9.17, 15) is 0 Å². The maximum Gasteiger partial charge on any atom is 0.231 e. The second kappa shape index (κ2) is 7.17. The van der Waals surface area contributed by atoms with Gasteiger partial charge in [0.1, 0.15) is 0 Å². The van der Waals surface area contributed by atoms with Crippen molar-refractivity contribution in [3.8, 4) is 0 Å². The lowest BCUT2D eigenvalue weighted by Gasteiger charge is -2.12. The van der Waals surface area contributed by atoms with E-state index < -0.39 is 0 Å². The van der Waals surface area contributed by atoms with Gasteiger partial charge in [-0.25, -0.2) is 9.97 Å². The molecule has 0 saturated heterocycles.